The molecule has 1 aliphatic carbocycles. The number of nitrogens with one attached hydrogen (secondary N) is 1. The number of hydrogen-bond donors (Lipinski definition) is 1. The molecule has 1 saturated carbocycles. The van der Waals surface area contributed by atoms with Crippen molar-refractivity contribution in [2.75, 3.05) is 23.4 Å². The largest absolute Gasteiger partial charge is 0.462 e. The van der Waals surface area contributed by atoms with Gasteiger partial charge >= 0.3 is 11.9 Å². The lowest BCUT2D eigenvalue weighted by atomic mass is 9.73. The van der Waals surface area contributed by atoms with Gasteiger partial charge in [-0.25, -0.2) is 9.59 Å². The van der Waals surface area contributed by atoms with Gasteiger partial charge < -0.3 is 14.8 Å². The SMILES string of the molecule is CCCOC(=O)c1ccc(NC(=O)COC(=O)c2cccc(N3C(=O)[C@H]4C[C@@H](c5ccccc5)CC[C@H]4C3=O)c2)cc1. The predicted molar refractivity (Wildman–Crippen MR) is 155 cm³/mol. The molecule has 0 bridgehead atoms. The molecule has 1 aliphatic heterocycles. The highest BCUT2D eigenvalue weighted by atomic mass is 16.5. The second-order valence-corrected chi connectivity index (χ2v) is 10.5. The van der Waals surface area contributed by atoms with Gasteiger partial charge in [0.05, 0.1) is 35.3 Å². The van der Waals surface area contributed by atoms with Crippen LogP contribution in [0.3, 0.4) is 0 Å². The summed E-state index contributed by atoms with van der Waals surface area (Å²) >= 11 is 0. The Morgan fingerprint density at radius 2 is 1.52 bits per heavy atom. The Labute approximate surface area is 243 Å². The summed E-state index contributed by atoms with van der Waals surface area (Å²) in [5, 5.41) is 2.60. The first-order valence-electron chi connectivity index (χ1n) is 14.1. The molecular weight excluding hydrogens is 536 g/mol. The van der Waals surface area contributed by atoms with Gasteiger partial charge in [0.2, 0.25) is 11.8 Å². The molecule has 0 unspecified atom stereocenters. The second kappa shape index (κ2) is 12.8. The molecule has 9 nitrogen and oxygen atoms in total. The van der Waals surface area contributed by atoms with Crippen LogP contribution < -0.4 is 10.2 Å². The minimum Gasteiger partial charge on any atom is -0.462 e. The van der Waals surface area contributed by atoms with Crippen molar-refractivity contribution in [1.29, 1.82) is 0 Å². The van der Waals surface area contributed by atoms with Crippen LogP contribution in [-0.4, -0.2) is 42.9 Å². The number of esters is 2. The van der Waals surface area contributed by atoms with Gasteiger partial charge in [0.1, 0.15) is 0 Å². The van der Waals surface area contributed by atoms with E-state index in [9.17, 15) is 24.0 Å². The van der Waals surface area contributed by atoms with Crippen LogP contribution in [0.25, 0.3) is 0 Å². The van der Waals surface area contributed by atoms with Crippen LogP contribution in [0.2, 0.25) is 0 Å². The normalized spacial score (nSPS) is 19.6. The molecule has 216 valence electrons. The molecule has 1 N–H and O–H groups in total. The van der Waals surface area contributed by atoms with E-state index in [2.05, 4.69) is 17.4 Å². The summed E-state index contributed by atoms with van der Waals surface area (Å²) in [6.07, 6.45) is 2.79. The van der Waals surface area contributed by atoms with Crippen molar-refractivity contribution in [3.63, 3.8) is 0 Å². The number of rotatable bonds is 9. The average molecular weight is 569 g/mol. The Balaban J connectivity index is 1.18. The number of ether oxygens (including phenoxy) is 2. The molecule has 3 aromatic carbocycles. The molecule has 0 spiro atoms. The van der Waals surface area contributed by atoms with Crippen LogP contribution in [0, 0.1) is 11.8 Å². The maximum absolute atomic E-state index is 13.4. The lowest BCUT2D eigenvalue weighted by molar-refractivity contribution is -0.122. The van der Waals surface area contributed by atoms with Crippen molar-refractivity contribution in [2.24, 2.45) is 11.8 Å². The number of benzene rings is 3. The predicted octanol–water partition coefficient (Wildman–Crippen LogP) is 5.12. The Morgan fingerprint density at radius 1 is 0.810 bits per heavy atom. The Bertz CT molecular complexity index is 1490. The Kier molecular flexibility index (Phi) is 8.76. The third-order valence-electron chi connectivity index (χ3n) is 7.71. The summed E-state index contributed by atoms with van der Waals surface area (Å²) in [6, 6.07) is 22.3. The summed E-state index contributed by atoms with van der Waals surface area (Å²) in [5.41, 5.74) is 2.39. The molecule has 3 aromatic rings. The standard InChI is InChI=1S/C33H32N2O7/c1-2-17-41-32(39)22-11-14-25(15-12-22)34-29(36)20-42-33(40)24-9-6-10-26(18-24)35-30(37)27-16-13-23(19-28(27)31(35)38)21-7-4-3-5-8-21/h3-12,14-15,18,23,27-28H,2,13,16-17,19-20H2,1H3,(H,34,36)/t23-,27+,28-/m0/s1. The zero-order valence-electron chi connectivity index (χ0n) is 23.3. The van der Waals surface area contributed by atoms with Crippen LogP contribution >= 0.6 is 0 Å². The van der Waals surface area contributed by atoms with Crippen LogP contribution in [-0.2, 0) is 23.9 Å². The van der Waals surface area contributed by atoms with Gasteiger partial charge in [0, 0.05) is 5.69 Å². The number of carbonyl (C=O) groups is 5. The van der Waals surface area contributed by atoms with Gasteiger partial charge in [0.25, 0.3) is 5.91 Å². The van der Waals surface area contributed by atoms with E-state index in [0.717, 1.165) is 6.42 Å². The van der Waals surface area contributed by atoms with E-state index in [-0.39, 0.29) is 29.2 Å². The summed E-state index contributed by atoms with van der Waals surface area (Å²) in [7, 11) is 0. The molecule has 3 atom stereocenters. The molecule has 0 aromatic heterocycles. The van der Waals surface area contributed by atoms with Crippen LogP contribution in [0.15, 0.2) is 78.9 Å². The number of amides is 3. The first kappa shape index (κ1) is 28.7. The maximum atomic E-state index is 13.4. The quantitative estimate of drug-likeness (QED) is 0.281. The minimum atomic E-state index is -0.762. The molecule has 9 heteroatoms. The van der Waals surface area contributed by atoms with Gasteiger partial charge in [-0.2, -0.15) is 0 Å². The smallest absolute Gasteiger partial charge is 0.338 e. The Morgan fingerprint density at radius 3 is 2.26 bits per heavy atom. The van der Waals surface area contributed by atoms with E-state index in [0.29, 0.717) is 42.8 Å². The summed E-state index contributed by atoms with van der Waals surface area (Å²) in [6.45, 7) is 1.68. The van der Waals surface area contributed by atoms with Gasteiger partial charge in [0.15, 0.2) is 6.61 Å². The third kappa shape index (κ3) is 6.25. The van der Waals surface area contributed by atoms with Crippen LogP contribution in [0.5, 0.6) is 0 Å². The zero-order valence-corrected chi connectivity index (χ0v) is 23.3. The highest BCUT2D eigenvalue weighted by molar-refractivity contribution is 6.22. The second-order valence-electron chi connectivity index (χ2n) is 10.5. The van der Waals surface area contributed by atoms with E-state index < -0.39 is 30.4 Å². The molecule has 3 amide bonds. The van der Waals surface area contributed by atoms with Crippen molar-refractivity contribution in [3.05, 3.63) is 95.6 Å². The lowest BCUT2D eigenvalue weighted by Gasteiger charge is -2.28. The molecule has 2 aliphatic rings. The van der Waals surface area contributed by atoms with Crippen molar-refractivity contribution < 1.29 is 33.4 Å². The topological polar surface area (TPSA) is 119 Å². The lowest BCUT2D eigenvalue weighted by Crippen LogP contribution is -2.31. The van der Waals surface area contributed by atoms with Crippen molar-refractivity contribution >= 4 is 41.0 Å². The molecule has 42 heavy (non-hydrogen) atoms. The van der Waals surface area contributed by atoms with Gasteiger partial charge in [-0.3, -0.25) is 19.3 Å². The number of imide groups is 1. The van der Waals surface area contributed by atoms with Crippen molar-refractivity contribution in [2.45, 2.75) is 38.5 Å². The summed E-state index contributed by atoms with van der Waals surface area (Å²) < 4.78 is 10.3. The highest BCUT2D eigenvalue weighted by Gasteiger charge is 2.50. The van der Waals surface area contributed by atoms with E-state index in [1.54, 1.807) is 24.3 Å². The van der Waals surface area contributed by atoms with Crippen LogP contribution in [0.4, 0.5) is 11.4 Å². The fourth-order valence-electron chi connectivity index (χ4n) is 5.61. The zero-order chi connectivity index (χ0) is 29.6. The maximum Gasteiger partial charge on any atom is 0.338 e. The first-order chi connectivity index (χ1) is 20.4. The first-order valence-corrected chi connectivity index (χ1v) is 14.1. The van der Waals surface area contributed by atoms with E-state index in [4.69, 9.17) is 9.47 Å². The number of hydrogen-bond acceptors (Lipinski definition) is 7. The molecule has 1 heterocycles. The van der Waals surface area contributed by atoms with E-state index in [1.807, 2.05) is 25.1 Å². The van der Waals surface area contributed by atoms with E-state index >= 15 is 0 Å². The van der Waals surface area contributed by atoms with E-state index in [1.165, 1.54) is 34.7 Å². The summed E-state index contributed by atoms with van der Waals surface area (Å²) in [5.74, 6) is -2.81. The average Bonchev–Trinajstić information content (AvgIpc) is 3.28. The molecular formula is C33H32N2O7. The monoisotopic (exact) mass is 568 g/mol. The fraction of sp³-hybridized carbons (Fsp3) is 0.303. The molecule has 0 radical (unpaired) electrons. The van der Waals surface area contributed by atoms with Gasteiger partial charge in [-0.1, -0.05) is 43.3 Å². The fourth-order valence-corrected chi connectivity index (χ4v) is 5.61. The number of nitrogens with zero attached hydrogens (tertiary/aromatic N) is 1. The molecule has 1 saturated heterocycles. The van der Waals surface area contributed by atoms with Gasteiger partial charge in [-0.05, 0) is 79.6 Å². The van der Waals surface area contributed by atoms with Crippen molar-refractivity contribution in [3.8, 4) is 0 Å². The molecule has 5 rings (SSSR count). The Hall–Kier alpha value is -4.79. The summed E-state index contributed by atoms with van der Waals surface area (Å²) in [4.78, 5) is 64.9. The van der Waals surface area contributed by atoms with Crippen molar-refractivity contribution in [1.82, 2.24) is 0 Å². The number of fused-ring (bicyclic) bond motifs is 1. The third-order valence-corrected chi connectivity index (χ3v) is 7.71. The molecule has 2 fully saturated rings. The number of anilines is 2. The highest BCUT2D eigenvalue weighted by Crippen LogP contribution is 2.45. The van der Waals surface area contributed by atoms with Gasteiger partial charge in [-0.15, -0.1) is 0 Å². The number of carbonyl (C=O) groups excluding carboxylic acids is 5. The minimum absolute atomic E-state index is 0.118. The van der Waals surface area contributed by atoms with Crippen LogP contribution in [0.1, 0.15) is 64.8 Å².